The number of nitrogens with zero attached hydrogens (tertiary/aromatic N) is 1. The number of carbonyl (C=O) groups is 2. The van der Waals surface area contributed by atoms with E-state index < -0.39 is 0 Å². The smallest absolute Gasteiger partial charge is 0.234 e. The van der Waals surface area contributed by atoms with Crippen LogP contribution in [0.15, 0.2) is 24.3 Å². The van der Waals surface area contributed by atoms with Crippen molar-refractivity contribution in [1.29, 1.82) is 0 Å². The van der Waals surface area contributed by atoms with E-state index in [0.29, 0.717) is 37.4 Å². The Labute approximate surface area is 118 Å². The molecule has 0 unspecified atom stereocenters. The lowest BCUT2D eigenvalue weighted by Gasteiger charge is -2.18. The van der Waals surface area contributed by atoms with E-state index in [4.69, 9.17) is 5.73 Å². The van der Waals surface area contributed by atoms with Crippen molar-refractivity contribution in [2.24, 2.45) is 0 Å². The van der Waals surface area contributed by atoms with E-state index in [1.54, 1.807) is 12.1 Å². The number of amides is 2. The molecule has 6 heteroatoms. The standard InChI is InChI=1S/C14H20N4O2/c15-11-4-1-2-5-12(11)17-13(19)6-9-18-8-3-7-16-14(20)10-18/h1-2,4-5H,3,6-10,15H2,(H,16,20)(H,17,19). The summed E-state index contributed by atoms with van der Waals surface area (Å²) in [6.07, 6.45) is 1.26. The topological polar surface area (TPSA) is 87.5 Å². The largest absolute Gasteiger partial charge is 0.397 e. The zero-order valence-electron chi connectivity index (χ0n) is 11.4. The maximum absolute atomic E-state index is 11.9. The van der Waals surface area contributed by atoms with Crippen LogP contribution in [0.1, 0.15) is 12.8 Å². The average Bonchev–Trinajstić information content (AvgIpc) is 2.63. The summed E-state index contributed by atoms with van der Waals surface area (Å²) in [5.74, 6) is -0.0669. The summed E-state index contributed by atoms with van der Waals surface area (Å²) in [5, 5.41) is 5.60. The first-order chi connectivity index (χ1) is 9.65. The van der Waals surface area contributed by atoms with Gasteiger partial charge in [0.25, 0.3) is 0 Å². The monoisotopic (exact) mass is 276 g/mol. The zero-order valence-corrected chi connectivity index (χ0v) is 11.4. The highest BCUT2D eigenvalue weighted by atomic mass is 16.2. The van der Waals surface area contributed by atoms with Gasteiger partial charge in [-0.1, -0.05) is 12.1 Å². The van der Waals surface area contributed by atoms with Gasteiger partial charge in [0.05, 0.1) is 17.9 Å². The molecule has 0 atom stereocenters. The number of benzene rings is 1. The molecule has 1 heterocycles. The maximum atomic E-state index is 11.9. The van der Waals surface area contributed by atoms with Gasteiger partial charge in [-0.2, -0.15) is 0 Å². The van der Waals surface area contributed by atoms with Gasteiger partial charge in [0.15, 0.2) is 0 Å². The Morgan fingerprint density at radius 3 is 3.00 bits per heavy atom. The molecule has 0 aliphatic carbocycles. The second-order valence-corrected chi connectivity index (χ2v) is 4.87. The normalized spacial score (nSPS) is 16.3. The van der Waals surface area contributed by atoms with Gasteiger partial charge < -0.3 is 16.4 Å². The van der Waals surface area contributed by atoms with Crippen LogP contribution in [-0.2, 0) is 9.59 Å². The molecule has 1 aliphatic rings. The molecule has 1 fully saturated rings. The number of hydrogen-bond acceptors (Lipinski definition) is 4. The van der Waals surface area contributed by atoms with E-state index in [-0.39, 0.29) is 11.8 Å². The molecule has 6 nitrogen and oxygen atoms in total. The minimum Gasteiger partial charge on any atom is -0.397 e. The fourth-order valence-corrected chi connectivity index (χ4v) is 2.14. The van der Waals surface area contributed by atoms with E-state index in [0.717, 1.165) is 13.0 Å². The SMILES string of the molecule is Nc1ccccc1NC(=O)CCN1CCCNC(=O)C1. The van der Waals surface area contributed by atoms with Crippen LogP contribution in [0.4, 0.5) is 11.4 Å². The molecular weight excluding hydrogens is 256 g/mol. The van der Waals surface area contributed by atoms with Gasteiger partial charge in [-0.3, -0.25) is 14.5 Å². The first kappa shape index (κ1) is 14.3. The minimum atomic E-state index is -0.0902. The van der Waals surface area contributed by atoms with Crippen LogP contribution >= 0.6 is 0 Å². The summed E-state index contributed by atoms with van der Waals surface area (Å²) < 4.78 is 0. The molecule has 2 rings (SSSR count). The van der Waals surface area contributed by atoms with Gasteiger partial charge in [-0.15, -0.1) is 0 Å². The van der Waals surface area contributed by atoms with E-state index in [9.17, 15) is 9.59 Å². The Kier molecular flexibility index (Phi) is 4.95. The number of nitrogen functional groups attached to an aromatic ring is 1. The van der Waals surface area contributed by atoms with E-state index in [1.165, 1.54) is 0 Å². The molecular formula is C14H20N4O2. The van der Waals surface area contributed by atoms with Crippen molar-refractivity contribution in [3.05, 3.63) is 24.3 Å². The molecule has 108 valence electrons. The predicted molar refractivity (Wildman–Crippen MR) is 78.2 cm³/mol. The van der Waals surface area contributed by atoms with Crippen LogP contribution in [0.2, 0.25) is 0 Å². The van der Waals surface area contributed by atoms with Gasteiger partial charge in [-0.25, -0.2) is 0 Å². The highest BCUT2D eigenvalue weighted by molar-refractivity contribution is 5.93. The third-order valence-electron chi connectivity index (χ3n) is 3.23. The van der Waals surface area contributed by atoms with Gasteiger partial charge in [-0.05, 0) is 18.6 Å². The van der Waals surface area contributed by atoms with Crippen molar-refractivity contribution >= 4 is 23.2 Å². The van der Waals surface area contributed by atoms with Gasteiger partial charge in [0, 0.05) is 26.1 Å². The lowest BCUT2D eigenvalue weighted by molar-refractivity contribution is -0.122. The molecule has 1 saturated heterocycles. The lowest BCUT2D eigenvalue weighted by Crippen LogP contribution is -2.34. The Morgan fingerprint density at radius 2 is 2.20 bits per heavy atom. The van der Waals surface area contributed by atoms with E-state index >= 15 is 0 Å². The molecule has 0 radical (unpaired) electrons. The number of anilines is 2. The van der Waals surface area contributed by atoms with Crippen molar-refractivity contribution in [2.45, 2.75) is 12.8 Å². The molecule has 4 N–H and O–H groups in total. The molecule has 20 heavy (non-hydrogen) atoms. The minimum absolute atomic E-state index is 0.0233. The molecule has 0 spiro atoms. The first-order valence-corrected chi connectivity index (χ1v) is 6.78. The lowest BCUT2D eigenvalue weighted by atomic mass is 10.2. The van der Waals surface area contributed by atoms with Gasteiger partial charge in [0.1, 0.15) is 0 Å². The fraction of sp³-hybridized carbons (Fsp3) is 0.429. The molecule has 0 aromatic heterocycles. The first-order valence-electron chi connectivity index (χ1n) is 6.78. The highest BCUT2D eigenvalue weighted by Crippen LogP contribution is 2.16. The number of nitrogens with one attached hydrogen (secondary N) is 2. The Hall–Kier alpha value is -2.08. The summed E-state index contributed by atoms with van der Waals surface area (Å²) >= 11 is 0. The number of nitrogens with two attached hydrogens (primary N) is 1. The van der Waals surface area contributed by atoms with Crippen LogP contribution in [0.25, 0.3) is 0 Å². The molecule has 1 aromatic rings. The zero-order chi connectivity index (χ0) is 14.4. The quantitative estimate of drug-likeness (QED) is 0.696. The number of carbonyl (C=O) groups excluding carboxylic acids is 2. The van der Waals surface area contributed by atoms with Crippen molar-refractivity contribution in [1.82, 2.24) is 10.2 Å². The third kappa shape index (κ3) is 4.24. The van der Waals surface area contributed by atoms with Gasteiger partial charge in [0.2, 0.25) is 11.8 Å². The molecule has 1 aliphatic heterocycles. The average molecular weight is 276 g/mol. The van der Waals surface area contributed by atoms with Crippen LogP contribution in [0, 0.1) is 0 Å². The summed E-state index contributed by atoms with van der Waals surface area (Å²) in [6.45, 7) is 2.48. The summed E-state index contributed by atoms with van der Waals surface area (Å²) in [6, 6.07) is 7.16. The van der Waals surface area contributed by atoms with Gasteiger partial charge >= 0.3 is 0 Å². The van der Waals surface area contributed by atoms with Crippen LogP contribution in [0.3, 0.4) is 0 Å². The Bertz CT molecular complexity index is 490. The maximum Gasteiger partial charge on any atom is 0.234 e. The number of hydrogen-bond donors (Lipinski definition) is 3. The molecule has 2 amide bonds. The van der Waals surface area contributed by atoms with Crippen molar-refractivity contribution < 1.29 is 9.59 Å². The molecule has 1 aromatic carbocycles. The third-order valence-corrected chi connectivity index (χ3v) is 3.23. The predicted octanol–water partition coefficient (Wildman–Crippen LogP) is 0.419. The summed E-state index contributed by atoms with van der Waals surface area (Å²) in [4.78, 5) is 25.3. The number of para-hydroxylation sites is 2. The highest BCUT2D eigenvalue weighted by Gasteiger charge is 2.15. The van der Waals surface area contributed by atoms with Crippen molar-refractivity contribution in [3.63, 3.8) is 0 Å². The van der Waals surface area contributed by atoms with E-state index in [1.807, 2.05) is 17.0 Å². The van der Waals surface area contributed by atoms with Crippen molar-refractivity contribution in [2.75, 3.05) is 37.2 Å². The Morgan fingerprint density at radius 1 is 1.40 bits per heavy atom. The Balaban J connectivity index is 1.80. The van der Waals surface area contributed by atoms with Crippen LogP contribution in [-0.4, -0.2) is 42.9 Å². The van der Waals surface area contributed by atoms with Crippen LogP contribution < -0.4 is 16.4 Å². The molecule has 0 bridgehead atoms. The van der Waals surface area contributed by atoms with Crippen LogP contribution in [0.5, 0.6) is 0 Å². The fourth-order valence-electron chi connectivity index (χ4n) is 2.14. The van der Waals surface area contributed by atoms with Crippen molar-refractivity contribution in [3.8, 4) is 0 Å². The van der Waals surface area contributed by atoms with E-state index in [2.05, 4.69) is 10.6 Å². The second-order valence-electron chi connectivity index (χ2n) is 4.87. The summed E-state index contributed by atoms with van der Waals surface area (Å²) in [7, 11) is 0. The number of rotatable bonds is 4. The summed E-state index contributed by atoms with van der Waals surface area (Å²) in [5.41, 5.74) is 6.95. The second kappa shape index (κ2) is 6.91. The molecule has 0 saturated carbocycles.